The molecule has 0 aliphatic carbocycles. The average Bonchev–Trinajstić information content (AvgIpc) is 2.95. The number of amides is 3. The van der Waals surface area contributed by atoms with E-state index in [-0.39, 0.29) is 18.0 Å². The molecule has 0 spiro atoms. The van der Waals surface area contributed by atoms with Gasteiger partial charge in [-0.3, -0.25) is 9.78 Å². The number of hydrogen-bond donors (Lipinski definition) is 1. The van der Waals surface area contributed by atoms with Gasteiger partial charge in [0.2, 0.25) is 0 Å². The third-order valence-corrected chi connectivity index (χ3v) is 5.02. The number of nitrogens with zero attached hydrogens (tertiary/aromatic N) is 3. The number of aromatic nitrogens is 1. The lowest BCUT2D eigenvalue weighted by molar-refractivity contribution is 0.0788. The molecule has 3 rings (SSSR count). The van der Waals surface area contributed by atoms with Gasteiger partial charge in [-0.15, -0.1) is 0 Å². The maximum Gasteiger partial charge on any atom is 0.317 e. The second-order valence-corrected chi connectivity index (χ2v) is 6.95. The first-order valence-corrected chi connectivity index (χ1v) is 8.88. The van der Waals surface area contributed by atoms with Crippen LogP contribution in [-0.2, 0) is 0 Å². The highest BCUT2D eigenvalue weighted by molar-refractivity contribution is 5.94. The molecule has 24 heavy (non-hydrogen) atoms. The first-order valence-electron chi connectivity index (χ1n) is 8.88. The highest BCUT2D eigenvalue weighted by Gasteiger charge is 2.29. The summed E-state index contributed by atoms with van der Waals surface area (Å²) in [5, 5.41) is 3.10. The van der Waals surface area contributed by atoms with Crippen molar-refractivity contribution in [3.8, 4) is 0 Å². The van der Waals surface area contributed by atoms with Gasteiger partial charge in [0, 0.05) is 44.6 Å². The zero-order valence-electron chi connectivity index (χ0n) is 14.3. The fourth-order valence-corrected chi connectivity index (χ4v) is 3.47. The molecule has 6 heteroatoms. The maximum atomic E-state index is 12.5. The molecule has 2 atom stereocenters. The molecule has 0 radical (unpaired) electrons. The second-order valence-electron chi connectivity index (χ2n) is 6.95. The molecule has 2 aliphatic heterocycles. The zero-order chi connectivity index (χ0) is 16.9. The first-order chi connectivity index (χ1) is 11.6. The molecule has 2 aliphatic rings. The lowest BCUT2D eigenvalue weighted by atomic mass is 10.0. The van der Waals surface area contributed by atoms with Crippen molar-refractivity contribution in [2.75, 3.05) is 26.2 Å². The Hall–Kier alpha value is -2.11. The average molecular weight is 330 g/mol. The molecule has 0 saturated carbocycles. The molecule has 1 aromatic heterocycles. The van der Waals surface area contributed by atoms with E-state index in [2.05, 4.69) is 17.2 Å². The van der Waals surface area contributed by atoms with Gasteiger partial charge in [-0.2, -0.15) is 0 Å². The van der Waals surface area contributed by atoms with Crippen LogP contribution < -0.4 is 5.32 Å². The summed E-state index contributed by atoms with van der Waals surface area (Å²) >= 11 is 0. The molecule has 1 N–H and O–H groups in total. The molecule has 0 aromatic carbocycles. The van der Waals surface area contributed by atoms with Crippen molar-refractivity contribution in [2.45, 2.75) is 38.6 Å². The van der Waals surface area contributed by atoms with Gasteiger partial charge in [-0.25, -0.2) is 4.79 Å². The Morgan fingerprint density at radius 1 is 1.17 bits per heavy atom. The van der Waals surface area contributed by atoms with E-state index in [1.165, 1.54) is 6.42 Å². The van der Waals surface area contributed by atoms with E-state index in [1.54, 1.807) is 29.4 Å². The minimum Gasteiger partial charge on any atom is -0.336 e. The molecule has 2 fully saturated rings. The normalized spacial score (nSPS) is 24.5. The van der Waals surface area contributed by atoms with E-state index in [4.69, 9.17) is 0 Å². The molecule has 1 aromatic rings. The van der Waals surface area contributed by atoms with Crippen LogP contribution in [0, 0.1) is 5.92 Å². The Labute approximate surface area is 143 Å². The van der Waals surface area contributed by atoms with Crippen LogP contribution in [0.2, 0.25) is 0 Å². The highest BCUT2D eigenvalue weighted by atomic mass is 16.2. The van der Waals surface area contributed by atoms with Gasteiger partial charge >= 0.3 is 6.03 Å². The van der Waals surface area contributed by atoms with Crippen LogP contribution in [0.4, 0.5) is 4.79 Å². The van der Waals surface area contributed by atoms with Crippen molar-refractivity contribution in [1.82, 2.24) is 20.1 Å². The second kappa shape index (κ2) is 7.64. The van der Waals surface area contributed by atoms with E-state index in [0.29, 0.717) is 24.6 Å². The quantitative estimate of drug-likeness (QED) is 0.903. The smallest absolute Gasteiger partial charge is 0.317 e. The van der Waals surface area contributed by atoms with E-state index in [0.717, 1.165) is 32.4 Å². The van der Waals surface area contributed by atoms with Gasteiger partial charge in [-0.05, 0) is 43.7 Å². The van der Waals surface area contributed by atoms with Crippen LogP contribution in [-0.4, -0.2) is 58.9 Å². The number of rotatable bonds is 2. The van der Waals surface area contributed by atoms with E-state index >= 15 is 0 Å². The molecule has 6 nitrogen and oxygen atoms in total. The van der Waals surface area contributed by atoms with Gasteiger partial charge in [-0.1, -0.05) is 6.92 Å². The summed E-state index contributed by atoms with van der Waals surface area (Å²) in [7, 11) is 0. The summed E-state index contributed by atoms with van der Waals surface area (Å²) in [6.07, 6.45) is 7.40. The summed E-state index contributed by atoms with van der Waals surface area (Å²) in [6.45, 7) is 5.17. The maximum absolute atomic E-state index is 12.5. The van der Waals surface area contributed by atoms with Crippen LogP contribution >= 0.6 is 0 Å². The molecular formula is C18H26N4O2. The van der Waals surface area contributed by atoms with Crippen molar-refractivity contribution in [2.24, 2.45) is 5.92 Å². The number of carbonyl (C=O) groups excluding carboxylic acids is 2. The Bertz CT molecular complexity index is 578. The monoisotopic (exact) mass is 330 g/mol. The van der Waals surface area contributed by atoms with Crippen LogP contribution in [0.3, 0.4) is 0 Å². The zero-order valence-corrected chi connectivity index (χ0v) is 14.3. The molecule has 0 unspecified atom stereocenters. The van der Waals surface area contributed by atoms with Gasteiger partial charge < -0.3 is 15.1 Å². The fraction of sp³-hybridized carbons (Fsp3) is 0.611. The van der Waals surface area contributed by atoms with Gasteiger partial charge in [0.05, 0.1) is 5.56 Å². The molecule has 130 valence electrons. The molecule has 3 amide bonds. The number of hydrogen-bond acceptors (Lipinski definition) is 3. The number of urea groups is 1. The topological polar surface area (TPSA) is 65.5 Å². The number of carbonyl (C=O) groups is 2. The number of nitrogens with one attached hydrogen (secondary N) is 1. The fourth-order valence-electron chi connectivity index (χ4n) is 3.47. The molecule has 0 bridgehead atoms. The third-order valence-electron chi connectivity index (χ3n) is 5.02. The Balaban J connectivity index is 1.50. The lowest BCUT2D eigenvalue weighted by Crippen LogP contribution is -2.46. The van der Waals surface area contributed by atoms with Crippen molar-refractivity contribution in [3.63, 3.8) is 0 Å². The van der Waals surface area contributed by atoms with Crippen LogP contribution in [0.15, 0.2) is 24.5 Å². The van der Waals surface area contributed by atoms with Gasteiger partial charge in [0.25, 0.3) is 5.91 Å². The Morgan fingerprint density at radius 3 is 2.79 bits per heavy atom. The summed E-state index contributed by atoms with van der Waals surface area (Å²) in [5.74, 6) is 0.685. The van der Waals surface area contributed by atoms with Gasteiger partial charge in [0.1, 0.15) is 0 Å². The van der Waals surface area contributed by atoms with Crippen molar-refractivity contribution in [1.29, 1.82) is 0 Å². The molecule has 3 heterocycles. The predicted molar refractivity (Wildman–Crippen MR) is 91.7 cm³/mol. The first kappa shape index (κ1) is 16.7. The highest BCUT2D eigenvalue weighted by Crippen LogP contribution is 2.17. The minimum absolute atomic E-state index is 0.0107. The molecular weight excluding hydrogens is 304 g/mol. The van der Waals surface area contributed by atoms with E-state index in [9.17, 15) is 9.59 Å². The largest absolute Gasteiger partial charge is 0.336 e. The van der Waals surface area contributed by atoms with Crippen molar-refractivity contribution < 1.29 is 9.59 Å². The molecule has 2 saturated heterocycles. The van der Waals surface area contributed by atoms with Crippen LogP contribution in [0.1, 0.15) is 43.0 Å². The summed E-state index contributed by atoms with van der Waals surface area (Å²) < 4.78 is 0. The lowest BCUT2D eigenvalue weighted by Gasteiger charge is -2.24. The van der Waals surface area contributed by atoms with Crippen LogP contribution in [0.5, 0.6) is 0 Å². The number of likely N-dealkylation sites (tertiary alicyclic amines) is 2. The minimum atomic E-state index is -0.0107. The van der Waals surface area contributed by atoms with Gasteiger partial charge in [0.15, 0.2) is 0 Å². The van der Waals surface area contributed by atoms with Crippen molar-refractivity contribution in [3.05, 3.63) is 30.1 Å². The summed E-state index contributed by atoms with van der Waals surface area (Å²) in [6, 6.07) is 3.60. The van der Waals surface area contributed by atoms with E-state index < -0.39 is 0 Å². The SMILES string of the molecule is C[C@H]1CCCN(C(=O)N[C@@H]2CCN(C(=O)c3cccnc3)C2)CC1. The van der Waals surface area contributed by atoms with E-state index in [1.807, 2.05) is 4.90 Å². The van der Waals surface area contributed by atoms with Crippen molar-refractivity contribution >= 4 is 11.9 Å². The summed E-state index contributed by atoms with van der Waals surface area (Å²) in [4.78, 5) is 32.6. The van der Waals surface area contributed by atoms with Crippen LogP contribution in [0.25, 0.3) is 0 Å². The Morgan fingerprint density at radius 2 is 2.00 bits per heavy atom. The number of pyridine rings is 1. The summed E-state index contributed by atoms with van der Waals surface area (Å²) in [5.41, 5.74) is 0.603. The third kappa shape index (κ3) is 4.04. The Kier molecular flexibility index (Phi) is 5.33. The predicted octanol–water partition coefficient (Wildman–Crippen LogP) is 2.13. The standard InChI is InChI=1S/C18H26N4O2/c1-14-4-3-9-21(10-6-14)18(24)20-16-7-11-22(13-16)17(23)15-5-2-8-19-12-15/h2,5,8,12,14,16H,3-4,6-7,9-11,13H2,1H3,(H,20,24)/t14-,16+/m0/s1.